The predicted octanol–water partition coefficient (Wildman–Crippen LogP) is 0.779. The van der Waals surface area contributed by atoms with Gasteiger partial charge in [0.15, 0.2) is 5.58 Å². The lowest BCUT2D eigenvalue weighted by molar-refractivity contribution is 0.534. The summed E-state index contributed by atoms with van der Waals surface area (Å²) in [5, 5.41) is 0. The standard InChI is InChI=1S/C7H4FNO4S/c8-14(11,12)5-3-1-2-4-6(5)13-7(10)9-4/h1-3H,(H,9,10). The first-order chi connectivity index (χ1) is 6.48. The van der Waals surface area contributed by atoms with Crippen molar-refractivity contribution in [1.82, 2.24) is 4.98 Å². The number of H-pyrrole nitrogens is 1. The van der Waals surface area contributed by atoms with Crippen LogP contribution in [-0.4, -0.2) is 13.4 Å². The number of nitrogens with one attached hydrogen (secondary N) is 1. The highest BCUT2D eigenvalue weighted by Crippen LogP contribution is 2.21. The Morgan fingerprint density at radius 1 is 1.36 bits per heavy atom. The molecule has 0 saturated heterocycles. The van der Waals surface area contributed by atoms with Crippen LogP contribution in [0.4, 0.5) is 3.89 Å². The molecule has 5 nitrogen and oxygen atoms in total. The van der Waals surface area contributed by atoms with E-state index in [9.17, 15) is 17.1 Å². The van der Waals surface area contributed by atoms with Crippen LogP contribution in [0.1, 0.15) is 0 Å². The molecule has 14 heavy (non-hydrogen) atoms. The molecule has 0 saturated carbocycles. The van der Waals surface area contributed by atoms with E-state index in [2.05, 4.69) is 9.40 Å². The molecule has 2 aromatic rings. The average molecular weight is 217 g/mol. The van der Waals surface area contributed by atoms with Gasteiger partial charge in [0, 0.05) is 0 Å². The summed E-state index contributed by atoms with van der Waals surface area (Å²) < 4.78 is 38.4. The van der Waals surface area contributed by atoms with Gasteiger partial charge in [0.25, 0.3) is 0 Å². The third kappa shape index (κ3) is 1.31. The Morgan fingerprint density at radius 3 is 2.71 bits per heavy atom. The van der Waals surface area contributed by atoms with Gasteiger partial charge in [0.1, 0.15) is 4.90 Å². The first-order valence-electron chi connectivity index (χ1n) is 3.55. The molecule has 0 atom stereocenters. The number of hydrogen-bond donors (Lipinski definition) is 1. The molecule has 2 rings (SSSR count). The summed E-state index contributed by atoms with van der Waals surface area (Å²) in [7, 11) is -4.87. The number of fused-ring (bicyclic) bond motifs is 1. The highest BCUT2D eigenvalue weighted by molar-refractivity contribution is 7.86. The molecule has 0 spiro atoms. The number of hydrogen-bond acceptors (Lipinski definition) is 4. The third-order valence-electron chi connectivity index (χ3n) is 1.67. The van der Waals surface area contributed by atoms with Crippen molar-refractivity contribution in [2.24, 2.45) is 0 Å². The van der Waals surface area contributed by atoms with Crippen LogP contribution in [0.3, 0.4) is 0 Å². The molecule has 74 valence electrons. The van der Waals surface area contributed by atoms with Gasteiger partial charge in [-0.2, -0.15) is 8.42 Å². The van der Waals surface area contributed by atoms with E-state index in [4.69, 9.17) is 0 Å². The minimum Gasteiger partial charge on any atom is -0.406 e. The predicted molar refractivity (Wildman–Crippen MR) is 45.1 cm³/mol. The molecule has 1 aromatic carbocycles. The number of rotatable bonds is 1. The van der Waals surface area contributed by atoms with Crippen LogP contribution >= 0.6 is 0 Å². The molecular formula is C7H4FNO4S. The van der Waals surface area contributed by atoms with Gasteiger partial charge in [0.05, 0.1) is 5.52 Å². The smallest absolute Gasteiger partial charge is 0.406 e. The van der Waals surface area contributed by atoms with Gasteiger partial charge in [-0.25, -0.2) is 4.79 Å². The van der Waals surface area contributed by atoms with Crippen molar-refractivity contribution in [2.45, 2.75) is 4.90 Å². The van der Waals surface area contributed by atoms with Crippen molar-refractivity contribution in [3.63, 3.8) is 0 Å². The van der Waals surface area contributed by atoms with E-state index in [0.29, 0.717) is 0 Å². The van der Waals surface area contributed by atoms with Crippen molar-refractivity contribution in [2.75, 3.05) is 0 Å². The quantitative estimate of drug-likeness (QED) is 0.716. The zero-order valence-electron chi connectivity index (χ0n) is 6.65. The molecule has 0 aliphatic heterocycles. The first kappa shape index (κ1) is 8.95. The minimum atomic E-state index is -4.87. The lowest BCUT2D eigenvalue weighted by Crippen LogP contribution is -1.93. The fourth-order valence-electron chi connectivity index (χ4n) is 1.14. The highest BCUT2D eigenvalue weighted by atomic mass is 32.3. The fourth-order valence-corrected chi connectivity index (χ4v) is 1.75. The van der Waals surface area contributed by atoms with Crippen molar-refractivity contribution in [3.8, 4) is 0 Å². The zero-order valence-corrected chi connectivity index (χ0v) is 7.47. The molecule has 1 heterocycles. The van der Waals surface area contributed by atoms with E-state index in [1.54, 1.807) is 0 Å². The van der Waals surface area contributed by atoms with E-state index >= 15 is 0 Å². The van der Waals surface area contributed by atoms with Gasteiger partial charge in [-0.05, 0) is 12.1 Å². The summed E-state index contributed by atoms with van der Waals surface area (Å²) in [6.07, 6.45) is 0. The van der Waals surface area contributed by atoms with E-state index in [1.165, 1.54) is 12.1 Å². The molecular weight excluding hydrogens is 213 g/mol. The molecule has 0 fully saturated rings. The molecule has 0 aliphatic rings. The van der Waals surface area contributed by atoms with Gasteiger partial charge >= 0.3 is 16.0 Å². The average Bonchev–Trinajstić information content (AvgIpc) is 2.41. The number of halogens is 1. The van der Waals surface area contributed by atoms with Crippen LogP contribution in [-0.2, 0) is 10.2 Å². The summed E-state index contributed by atoms with van der Waals surface area (Å²) in [5.41, 5.74) is -0.145. The maximum atomic E-state index is 12.7. The maximum Gasteiger partial charge on any atom is 0.417 e. The second-order valence-electron chi connectivity index (χ2n) is 2.59. The van der Waals surface area contributed by atoms with Crippen molar-refractivity contribution >= 4 is 21.3 Å². The summed E-state index contributed by atoms with van der Waals surface area (Å²) in [5.74, 6) is -0.823. The lowest BCUT2D eigenvalue weighted by Gasteiger charge is -1.93. The molecule has 1 N–H and O–H groups in total. The maximum absolute atomic E-state index is 12.7. The summed E-state index contributed by atoms with van der Waals surface area (Å²) in [6, 6.07) is 3.74. The Labute approximate surface area is 77.4 Å². The minimum absolute atomic E-state index is 0.147. The molecule has 7 heteroatoms. The number of aromatic amines is 1. The van der Waals surface area contributed by atoms with Crippen molar-refractivity contribution < 1.29 is 16.7 Å². The number of aromatic nitrogens is 1. The van der Waals surface area contributed by atoms with Crippen LogP contribution in [0.2, 0.25) is 0 Å². The summed E-state index contributed by atoms with van der Waals surface area (Å²) >= 11 is 0. The SMILES string of the molecule is O=c1[nH]c2cccc(S(=O)(=O)F)c2o1. The van der Waals surface area contributed by atoms with Gasteiger partial charge in [0.2, 0.25) is 0 Å². The molecule has 0 amide bonds. The highest BCUT2D eigenvalue weighted by Gasteiger charge is 2.18. The Balaban J connectivity index is 2.98. The Hall–Kier alpha value is -1.63. The van der Waals surface area contributed by atoms with Crippen LogP contribution in [0.25, 0.3) is 11.1 Å². The van der Waals surface area contributed by atoms with Gasteiger partial charge in [-0.1, -0.05) is 6.07 Å². The normalized spacial score (nSPS) is 12.1. The molecule has 0 bridgehead atoms. The molecule has 1 aromatic heterocycles. The van der Waals surface area contributed by atoms with Crippen LogP contribution < -0.4 is 5.76 Å². The van der Waals surface area contributed by atoms with Crippen LogP contribution in [0.5, 0.6) is 0 Å². The largest absolute Gasteiger partial charge is 0.417 e. The number of para-hydroxylation sites is 1. The molecule has 0 unspecified atom stereocenters. The van der Waals surface area contributed by atoms with Gasteiger partial charge in [-0.3, -0.25) is 4.98 Å². The first-order valence-corrected chi connectivity index (χ1v) is 4.93. The summed E-state index contributed by atoms with van der Waals surface area (Å²) in [6.45, 7) is 0. The molecule has 0 radical (unpaired) electrons. The fraction of sp³-hybridized carbons (Fsp3) is 0. The summed E-state index contributed by atoms with van der Waals surface area (Å²) in [4.78, 5) is 12.3. The van der Waals surface area contributed by atoms with Crippen LogP contribution in [0, 0.1) is 0 Å². The number of benzene rings is 1. The second-order valence-corrected chi connectivity index (χ2v) is 3.90. The van der Waals surface area contributed by atoms with E-state index in [1.807, 2.05) is 0 Å². The number of oxazole rings is 1. The Bertz CT molecular complexity index is 639. The Morgan fingerprint density at radius 2 is 2.07 bits per heavy atom. The van der Waals surface area contributed by atoms with Crippen molar-refractivity contribution in [3.05, 3.63) is 28.7 Å². The molecule has 0 aliphatic carbocycles. The third-order valence-corrected chi connectivity index (χ3v) is 2.52. The van der Waals surface area contributed by atoms with E-state index in [-0.39, 0.29) is 11.1 Å². The monoisotopic (exact) mass is 217 g/mol. The van der Waals surface area contributed by atoms with Gasteiger partial charge in [-0.15, -0.1) is 3.89 Å². The van der Waals surface area contributed by atoms with Crippen molar-refractivity contribution in [1.29, 1.82) is 0 Å². The van der Waals surface area contributed by atoms with Gasteiger partial charge < -0.3 is 4.42 Å². The van der Waals surface area contributed by atoms with E-state index in [0.717, 1.165) is 6.07 Å². The topological polar surface area (TPSA) is 80.1 Å². The second kappa shape index (κ2) is 2.68. The zero-order chi connectivity index (χ0) is 10.3. The van der Waals surface area contributed by atoms with Crippen LogP contribution in [0.15, 0.2) is 32.3 Å². The Kier molecular flexibility index (Phi) is 1.71. The lowest BCUT2D eigenvalue weighted by atomic mass is 10.3. The van der Waals surface area contributed by atoms with E-state index < -0.39 is 20.9 Å².